The largest absolute Gasteiger partial charge is 0.465 e. The number of benzene rings is 3. The minimum atomic E-state index is -1.21. The van der Waals surface area contributed by atoms with Gasteiger partial charge in [-0.2, -0.15) is 0 Å². The van der Waals surface area contributed by atoms with Gasteiger partial charge in [0, 0.05) is 18.7 Å². The number of carbonyl (C=O) groups excluding carboxylic acids is 2. The molecule has 1 saturated heterocycles. The highest BCUT2D eigenvalue weighted by Crippen LogP contribution is 2.26. The Morgan fingerprint density at radius 1 is 1.02 bits per heavy atom. The first-order chi connectivity index (χ1) is 19.2. The zero-order valence-electron chi connectivity index (χ0n) is 22.7. The van der Waals surface area contributed by atoms with Crippen LogP contribution in [0.5, 0.6) is 0 Å². The molecule has 3 atom stereocenters. The summed E-state index contributed by atoms with van der Waals surface area (Å²) in [7, 11) is 0. The second kappa shape index (κ2) is 13.0. The molecule has 0 spiro atoms. The molecule has 0 bridgehead atoms. The van der Waals surface area contributed by atoms with E-state index in [1.165, 1.54) is 11.1 Å². The maximum Gasteiger partial charge on any atom is 0.413 e. The van der Waals surface area contributed by atoms with Gasteiger partial charge < -0.3 is 21.1 Å². The van der Waals surface area contributed by atoms with E-state index < -0.39 is 12.1 Å². The van der Waals surface area contributed by atoms with Gasteiger partial charge in [-0.15, -0.1) is 0 Å². The van der Waals surface area contributed by atoms with Crippen LogP contribution < -0.4 is 16.0 Å². The molecule has 4 rings (SSSR count). The summed E-state index contributed by atoms with van der Waals surface area (Å²) in [6.07, 6.45) is -0.532. The number of amidine groups is 1. The molecule has 0 aromatic heterocycles. The number of rotatable bonds is 9. The van der Waals surface area contributed by atoms with Gasteiger partial charge in [0.2, 0.25) is 11.8 Å². The predicted molar refractivity (Wildman–Crippen MR) is 153 cm³/mol. The van der Waals surface area contributed by atoms with Gasteiger partial charge in [-0.3, -0.25) is 19.9 Å². The Hall–Kier alpha value is -4.50. The van der Waals surface area contributed by atoms with Crippen LogP contribution in [0.25, 0.3) is 0 Å². The molecule has 0 radical (unpaired) electrons. The molecule has 9 heteroatoms. The molecule has 5 N–H and O–H groups in total. The molecule has 3 amide bonds. The van der Waals surface area contributed by atoms with Crippen molar-refractivity contribution < 1.29 is 19.5 Å². The normalized spacial score (nSPS) is 17.1. The van der Waals surface area contributed by atoms with Crippen molar-refractivity contribution in [3.05, 3.63) is 107 Å². The van der Waals surface area contributed by atoms with E-state index in [0.717, 1.165) is 16.0 Å². The highest BCUT2D eigenvalue weighted by atomic mass is 16.4. The van der Waals surface area contributed by atoms with Gasteiger partial charge in [0.05, 0.1) is 12.6 Å². The van der Waals surface area contributed by atoms with Crippen LogP contribution in [0.4, 0.5) is 4.79 Å². The predicted octanol–water partition coefficient (Wildman–Crippen LogP) is 3.77. The molecule has 40 heavy (non-hydrogen) atoms. The Morgan fingerprint density at radius 3 is 2.42 bits per heavy atom. The van der Waals surface area contributed by atoms with Gasteiger partial charge in [0.1, 0.15) is 11.9 Å². The number of nitrogens with one attached hydrogen (secondary N) is 4. The quantitative estimate of drug-likeness (QED) is 0.208. The van der Waals surface area contributed by atoms with E-state index in [0.29, 0.717) is 18.5 Å². The lowest BCUT2D eigenvalue weighted by Gasteiger charge is -2.20. The maximum atomic E-state index is 12.8. The first kappa shape index (κ1) is 28.5. The second-order valence-corrected chi connectivity index (χ2v) is 10.2. The van der Waals surface area contributed by atoms with E-state index in [9.17, 15) is 19.5 Å². The van der Waals surface area contributed by atoms with Crippen molar-refractivity contribution in [1.82, 2.24) is 20.9 Å². The first-order valence-electron chi connectivity index (χ1n) is 13.3. The lowest BCUT2D eigenvalue weighted by molar-refractivity contribution is -0.129. The fourth-order valence-corrected chi connectivity index (χ4v) is 4.78. The van der Waals surface area contributed by atoms with Gasteiger partial charge in [-0.25, -0.2) is 4.79 Å². The zero-order valence-corrected chi connectivity index (χ0v) is 22.7. The summed E-state index contributed by atoms with van der Waals surface area (Å²) in [5.74, 6) is -0.379. The van der Waals surface area contributed by atoms with E-state index in [-0.39, 0.29) is 42.7 Å². The van der Waals surface area contributed by atoms with E-state index in [1.807, 2.05) is 36.4 Å². The monoisotopic (exact) mass is 541 g/mol. The molecule has 1 aliphatic rings. The molecule has 208 valence electrons. The minimum Gasteiger partial charge on any atom is -0.465 e. The smallest absolute Gasteiger partial charge is 0.413 e. The van der Waals surface area contributed by atoms with Crippen molar-refractivity contribution in [2.45, 2.75) is 51.4 Å². The van der Waals surface area contributed by atoms with E-state index in [1.54, 1.807) is 31.2 Å². The Bertz CT molecular complexity index is 1360. The van der Waals surface area contributed by atoms with Crippen LogP contribution >= 0.6 is 0 Å². The minimum absolute atomic E-state index is 0.0688. The van der Waals surface area contributed by atoms with E-state index in [4.69, 9.17) is 5.41 Å². The summed E-state index contributed by atoms with van der Waals surface area (Å²) in [6.45, 7) is 4.72. The molecule has 9 nitrogen and oxygen atoms in total. The van der Waals surface area contributed by atoms with Crippen LogP contribution in [0.3, 0.4) is 0 Å². The molecular weight excluding hydrogens is 506 g/mol. The summed E-state index contributed by atoms with van der Waals surface area (Å²) in [6, 6.07) is 23.2. The fraction of sp³-hybridized carbons (Fsp3) is 0.290. The molecule has 3 aromatic carbocycles. The van der Waals surface area contributed by atoms with Crippen LogP contribution in [0.15, 0.2) is 78.9 Å². The van der Waals surface area contributed by atoms with Crippen molar-refractivity contribution in [3.8, 4) is 0 Å². The van der Waals surface area contributed by atoms with Crippen LogP contribution in [0.1, 0.15) is 47.1 Å². The first-order valence-corrected chi connectivity index (χ1v) is 13.3. The maximum absolute atomic E-state index is 12.8. The Labute approximate surface area is 234 Å². The summed E-state index contributed by atoms with van der Waals surface area (Å²) in [5, 5.41) is 26.9. The third kappa shape index (κ3) is 7.33. The zero-order chi connectivity index (χ0) is 28.6. The van der Waals surface area contributed by atoms with E-state index >= 15 is 0 Å². The number of carbonyl (C=O) groups is 3. The molecular formula is C31H35N5O4. The standard InChI is InChI=1S/C31H35N5O4/c1-20-7-6-10-25(15-20)26-16-27(33-18-26)30(38)35-21(2)29(37)34-17-22-11-13-24(14-12-22)28(32)36(31(39)40)19-23-8-4-3-5-9-23/h3-15,21,26-27,32-33H,16-19H2,1-2H3,(H,34,37)(H,35,38)(H,39,40)/t21-,26+,27+/m0/s1. The average Bonchev–Trinajstić information content (AvgIpc) is 3.46. The lowest BCUT2D eigenvalue weighted by Crippen LogP contribution is -2.49. The van der Waals surface area contributed by atoms with Gasteiger partial charge in [-0.1, -0.05) is 84.4 Å². The summed E-state index contributed by atoms with van der Waals surface area (Å²) >= 11 is 0. The molecule has 1 aliphatic heterocycles. The van der Waals surface area contributed by atoms with Crippen LogP contribution in [-0.2, 0) is 22.7 Å². The second-order valence-electron chi connectivity index (χ2n) is 10.2. The van der Waals surface area contributed by atoms with Crippen molar-refractivity contribution in [1.29, 1.82) is 5.41 Å². The van der Waals surface area contributed by atoms with Crippen molar-refractivity contribution in [2.75, 3.05) is 6.54 Å². The molecule has 0 aliphatic carbocycles. The van der Waals surface area contributed by atoms with Gasteiger partial charge in [0.15, 0.2) is 0 Å². The highest BCUT2D eigenvalue weighted by Gasteiger charge is 2.31. The number of carboxylic acid groups (broad SMARTS) is 1. The third-order valence-corrected chi connectivity index (χ3v) is 7.09. The average molecular weight is 542 g/mol. The van der Waals surface area contributed by atoms with E-state index in [2.05, 4.69) is 41.1 Å². The lowest BCUT2D eigenvalue weighted by atomic mass is 9.95. The summed E-state index contributed by atoms with van der Waals surface area (Å²) in [5.41, 5.74) is 4.41. The molecule has 0 unspecified atom stereocenters. The van der Waals surface area contributed by atoms with Crippen LogP contribution in [-0.4, -0.2) is 52.4 Å². The topological polar surface area (TPSA) is 135 Å². The van der Waals surface area contributed by atoms with Gasteiger partial charge in [-0.05, 0) is 42.9 Å². The van der Waals surface area contributed by atoms with Gasteiger partial charge >= 0.3 is 6.09 Å². The third-order valence-electron chi connectivity index (χ3n) is 7.09. The molecule has 3 aromatic rings. The Balaban J connectivity index is 1.25. The number of hydrogen-bond donors (Lipinski definition) is 5. The number of nitrogens with zero attached hydrogens (tertiary/aromatic N) is 1. The van der Waals surface area contributed by atoms with Crippen LogP contribution in [0.2, 0.25) is 0 Å². The Morgan fingerprint density at radius 2 is 1.75 bits per heavy atom. The van der Waals surface area contributed by atoms with Gasteiger partial charge in [0.25, 0.3) is 0 Å². The highest BCUT2D eigenvalue weighted by molar-refractivity contribution is 6.04. The van der Waals surface area contributed by atoms with Crippen LogP contribution in [0, 0.1) is 12.3 Å². The van der Waals surface area contributed by atoms with Crippen molar-refractivity contribution >= 4 is 23.7 Å². The summed E-state index contributed by atoms with van der Waals surface area (Å²) < 4.78 is 0. The van der Waals surface area contributed by atoms with Crippen molar-refractivity contribution in [2.24, 2.45) is 0 Å². The number of amides is 3. The Kier molecular flexibility index (Phi) is 9.29. The molecule has 1 fully saturated rings. The fourth-order valence-electron chi connectivity index (χ4n) is 4.78. The molecule has 0 saturated carbocycles. The number of aryl methyl sites for hydroxylation is 1. The van der Waals surface area contributed by atoms with Crippen molar-refractivity contribution in [3.63, 3.8) is 0 Å². The summed E-state index contributed by atoms with van der Waals surface area (Å²) in [4.78, 5) is 38.2. The SMILES string of the molecule is Cc1cccc([C@H]2CN[C@@H](C(=O)N[C@@H](C)C(=O)NCc3ccc(C(=N)N(Cc4ccccc4)C(=O)O)cc3)C2)c1. The molecule has 1 heterocycles. The number of hydrogen-bond acceptors (Lipinski definition) is 5.